The van der Waals surface area contributed by atoms with Crippen LogP contribution in [-0.4, -0.2) is 18.8 Å². The molecule has 0 atom stereocenters. The van der Waals surface area contributed by atoms with Gasteiger partial charge in [0.25, 0.3) is 15.5 Å². The molecule has 0 heterocycles. The van der Waals surface area contributed by atoms with Crippen molar-refractivity contribution in [2.24, 2.45) is 0 Å². The number of nitro groups is 1. The molecule has 10 heteroatoms. The topological polar surface area (TPSA) is 89.3 Å². The maximum Gasteiger partial charge on any atom is 0.501 e. The van der Waals surface area contributed by atoms with Gasteiger partial charge in [-0.05, 0) is 23.6 Å². The molecule has 0 amide bonds. The molecule has 0 aliphatic heterocycles. The highest BCUT2D eigenvalue weighted by atomic mass is 32.2. The lowest BCUT2D eigenvalue weighted by atomic mass is 10.1. The van der Waals surface area contributed by atoms with Gasteiger partial charge in [0, 0.05) is 17.1 Å². The van der Waals surface area contributed by atoms with Gasteiger partial charge in [0.1, 0.15) is 5.69 Å². The van der Waals surface area contributed by atoms with Crippen molar-refractivity contribution in [2.75, 3.05) is 5.32 Å². The lowest BCUT2D eigenvalue weighted by molar-refractivity contribution is -0.384. The Balaban J connectivity index is 2.10. The Hall–Kier alpha value is -3.14. The minimum Gasteiger partial charge on any atom is -0.349 e. The number of rotatable bonds is 4. The number of hydrogen-bond acceptors (Lipinski definition) is 5. The first-order valence-corrected chi connectivity index (χ1v) is 8.94. The molecule has 0 radical (unpaired) electrons. The predicted octanol–water partition coefficient (Wildman–Crippen LogP) is 4.79. The predicted molar refractivity (Wildman–Crippen MR) is 93.6 cm³/mol. The van der Waals surface area contributed by atoms with Crippen LogP contribution in [0.5, 0.6) is 0 Å². The number of halogens is 3. The second-order valence-electron chi connectivity index (χ2n) is 5.54. The summed E-state index contributed by atoms with van der Waals surface area (Å²) in [5.74, 6) is 0. The molecule has 1 N–H and O–H groups in total. The molecule has 3 rings (SSSR count). The molecule has 0 spiro atoms. The summed E-state index contributed by atoms with van der Waals surface area (Å²) in [4.78, 5) is 9.16. The van der Waals surface area contributed by atoms with Crippen LogP contribution in [0.3, 0.4) is 0 Å². The van der Waals surface area contributed by atoms with Crippen molar-refractivity contribution >= 4 is 37.7 Å². The van der Waals surface area contributed by atoms with Gasteiger partial charge in [0.05, 0.1) is 9.82 Å². The Morgan fingerprint density at radius 2 is 1.59 bits per heavy atom. The van der Waals surface area contributed by atoms with Crippen LogP contribution in [0.2, 0.25) is 0 Å². The van der Waals surface area contributed by atoms with Gasteiger partial charge < -0.3 is 5.32 Å². The van der Waals surface area contributed by atoms with Crippen molar-refractivity contribution in [3.05, 3.63) is 70.8 Å². The van der Waals surface area contributed by atoms with E-state index in [2.05, 4.69) is 5.32 Å². The average molecular weight is 396 g/mol. The SMILES string of the molecule is O=[N+]([O-])c1cc(S(=O)(=O)C(F)(F)F)ccc1Nc1cccc2ccccc12. The number of nitrogens with zero attached hydrogens (tertiary/aromatic N) is 1. The third kappa shape index (κ3) is 3.43. The third-order valence-corrected chi connectivity index (χ3v) is 5.32. The van der Waals surface area contributed by atoms with Gasteiger partial charge in [-0.15, -0.1) is 0 Å². The van der Waals surface area contributed by atoms with E-state index >= 15 is 0 Å². The lowest BCUT2D eigenvalue weighted by Crippen LogP contribution is -2.23. The Bertz CT molecular complexity index is 1140. The van der Waals surface area contributed by atoms with E-state index in [1.807, 2.05) is 18.2 Å². The summed E-state index contributed by atoms with van der Waals surface area (Å²) in [6.45, 7) is 0. The van der Waals surface area contributed by atoms with E-state index in [4.69, 9.17) is 0 Å². The number of fused-ring (bicyclic) bond motifs is 1. The molecule has 0 fully saturated rings. The van der Waals surface area contributed by atoms with Crippen molar-refractivity contribution in [2.45, 2.75) is 10.4 Å². The first-order chi connectivity index (χ1) is 12.6. The molecule has 27 heavy (non-hydrogen) atoms. The van der Waals surface area contributed by atoms with Crippen LogP contribution in [0.15, 0.2) is 65.6 Å². The molecule has 0 unspecified atom stereocenters. The van der Waals surface area contributed by atoms with Crippen molar-refractivity contribution in [1.29, 1.82) is 0 Å². The van der Waals surface area contributed by atoms with Gasteiger partial charge in [-0.3, -0.25) is 10.1 Å². The van der Waals surface area contributed by atoms with Crippen LogP contribution >= 0.6 is 0 Å². The molecule has 0 saturated heterocycles. The third-order valence-electron chi connectivity index (χ3n) is 3.84. The number of hydrogen-bond donors (Lipinski definition) is 1. The minimum absolute atomic E-state index is 0.127. The smallest absolute Gasteiger partial charge is 0.349 e. The molecule has 6 nitrogen and oxygen atoms in total. The van der Waals surface area contributed by atoms with E-state index in [-0.39, 0.29) is 5.69 Å². The number of benzene rings is 3. The van der Waals surface area contributed by atoms with E-state index in [0.29, 0.717) is 17.8 Å². The second kappa shape index (κ2) is 6.54. The largest absolute Gasteiger partial charge is 0.501 e. The monoisotopic (exact) mass is 396 g/mol. The van der Waals surface area contributed by atoms with Crippen molar-refractivity contribution < 1.29 is 26.5 Å². The molecular weight excluding hydrogens is 385 g/mol. The zero-order chi connectivity index (χ0) is 19.8. The zero-order valence-electron chi connectivity index (χ0n) is 13.4. The Morgan fingerprint density at radius 1 is 0.926 bits per heavy atom. The highest BCUT2D eigenvalue weighted by molar-refractivity contribution is 7.92. The molecule has 0 saturated carbocycles. The number of nitrogens with one attached hydrogen (secondary N) is 1. The molecular formula is C17H11F3N2O4S. The summed E-state index contributed by atoms with van der Waals surface area (Å²) in [5, 5.41) is 15.7. The molecule has 0 aliphatic rings. The van der Waals surface area contributed by atoms with E-state index in [1.54, 1.807) is 24.3 Å². The second-order valence-corrected chi connectivity index (χ2v) is 7.48. The van der Waals surface area contributed by atoms with Crippen LogP contribution in [0.25, 0.3) is 10.8 Å². The van der Waals surface area contributed by atoms with Gasteiger partial charge in [-0.25, -0.2) is 8.42 Å². The highest BCUT2D eigenvalue weighted by Gasteiger charge is 2.47. The van der Waals surface area contributed by atoms with Gasteiger partial charge in [-0.2, -0.15) is 13.2 Å². The zero-order valence-corrected chi connectivity index (χ0v) is 14.2. The normalized spacial score (nSPS) is 12.1. The Labute approximate surface area is 151 Å². The highest BCUT2D eigenvalue weighted by Crippen LogP contribution is 2.36. The van der Waals surface area contributed by atoms with Crippen molar-refractivity contribution in [3.63, 3.8) is 0 Å². The molecule has 3 aromatic carbocycles. The van der Waals surface area contributed by atoms with E-state index in [1.165, 1.54) is 0 Å². The fourth-order valence-electron chi connectivity index (χ4n) is 2.55. The van der Waals surface area contributed by atoms with Gasteiger partial charge >= 0.3 is 5.51 Å². The quantitative estimate of drug-likeness (QED) is 0.506. The molecule has 0 aromatic heterocycles. The van der Waals surface area contributed by atoms with E-state index in [0.717, 1.165) is 16.8 Å². The van der Waals surface area contributed by atoms with Crippen LogP contribution in [0.1, 0.15) is 0 Å². The standard InChI is InChI=1S/C17H11F3N2O4S/c18-17(19,20)27(25,26)12-8-9-15(16(10-12)22(23)24)21-14-7-3-5-11-4-1-2-6-13(11)14/h1-10,21H. The van der Waals surface area contributed by atoms with E-state index in [9.17, 15) is 31.7 Å². The van der Waals surface area contributed by atoms with Gasteiger partial charge in [-0.1, -0.05) is 36.4 Å². The van der Waals surface area contributed by atoms with Crippen LogP contribution in [0, 0.1) is 10.1 Å². The first-order valence-electron chi connectivity index (χ1n) is 7.46. The van der Waals surface area contributed by atoms with Crippen molar-refractivity contribution in [1.82, 2.24) is 0 Å². The lowest BCUT2D eigenvalue weighted by Gasteiger charge is -2.12. The molecule has 0 aliphatic carbocycles. The summed E-state index contributed by atoms with van der Waals surface area (Å²) in [7, 11) is -5.69. The summed E-state index contributed by atoms with van der Waals surface area (Å²) in [6, 6.07) is 14.4. The Kier molecular flexibility index (Phi) is 4.52. The minimum atomic E-state index is -5.69. The van der Waals surface area contributed by atoms with Gasteiger partial charge in [0.2, 0.25) is 0 Å². The van der Waals surface area contributed by atoms with Gasteiger partial charge in [0.15, 0.2) is 0 Å². The summed E-state index contributed by atoms with van der Waals surface area (Å²) in [6.07, 6.45) is 0. The average Bonchev–Trinajstić information content (AvgIpc) is 2.61. The van der Waals surface area contributed by atoms with E-state index < -0.39 is 30.9 Å². The molecule has 3 aromatic rings. The van der Waals surface area contributed by atoms with Crippen LogP contribution in [0.4, 0.5) is 30.2 Å². The summed E-state index contributed by atoms with van der Waals surface area (Å²) < 4.78 is 61.1. The maximum absolute atomic E-state index is 12.7. The molecule has 0 bridgehead atoms. The number of anilines is 2. The fourth-order valence-corrected chi connectivity index (χ4v) is 3.33. The molecule has 140 valence electrons. The Morgan fingerprint density at radius 3 is 2.26 bits per heavy atom. The number of nitro benzene ring substituents is 1. The first kappa shape index (κ1) is 18.6. The van der Waals surface area contributed by atoms with Crippen LogP contribution < -0.4 is 5.32 Å². The number of sulfone groups is 1. The number of alkyl halides is 3. The van der Waals surface area contributed by atoms with Crippen LogP contribution in [-0.2, 0) is 9.84 Å². The van der Waals surface area contributed by atoms with Crippen molar-refractivity contribution in [3.8, 4) is 0 Å². The maximum atomic E-state index is 12.7. The fraction of sp³-hybridized carbons (Fsp3) is 0.0588. The summed E-state index contributed by atoms with van der Waals surface area (Å²) in [5.41, 5.74) is -5.97. The summed E-state index contributed by atoms with van der Waals surface area (Å²) >= 11 is 0.